The van der Waals surface area contributed by atoms with E-state index in [-0.39, 0.29) is 6.61 Å². The van der Waals surface area contributed by atoms with Gasteiger partial charge in [-0.15, -0.1) is 0 Å². The van der Waals surface area contributed by atoms with E-state index in [0.29, 0.717) is 29.2 Å². The summed E-state index contributed by atoms with van der Waals surface area (Å²) in [6.45, 7) is 1.73. The molecule has 2 fully saturated rings. The second kappa shape index (κ2) is 8.79. The summed E-state index contributed by atoms with van der Waals surface area (Å²) in [5, 5.41) is 30.1. The SMILES string of the molecule is CCOc1ccc(Cc2cc(C34OCC(OCC#N)(O3)C(O)C(O)C4=O)ccc2Cl)cc1. The fourth-order valence-corrected chi connectivity index (χ4v) is 4.14. The third kappa shape index (κ3) is 3.77. The third-order valence-corrected chi connectivity index (χ3v) is 5.94. The number of rotatable bonds is 7. The zero-order chi connectivity index (χ0) is 22.9. The van der Waals surface area contributed by atoms with Gasteiger partial charge < -0.3 is 29.2 Å². The van der Waals surface area contributed by atoms with Crippen molar-refractivity contribution < 1.29 is 34.0 Å². The molecule has 168 valence electrons. The summed E-state index contributed by atoms with van der Waals surface area (Å²) in [7, 11) is 0. The number of Topliss-reactive ketones (excluding diaryl/α,β-unsaturated/α-hetero) is 1. The molecule has 4 unspecified atom stereocenters. The first-order chi connectivity index (χ1) is 15.3. The molecule has 2 aliphatic rings. The maximum atomic E-state index is 13.0. The fraction of sp³-hybridized carbons (Fsp3) is 0.391. The molecule has 32 heavy (non-hydrogen) atoms. The van der Waals surface area contributed by atoms with Crippen molar-refractivity contribution in [2.24, 2.45) is 0 Å². The number of hydrogen-bond acceptors (Lipinski definition) is 8. The van der Waals surface area contributed by atoms with Gasteiger partial charge in [0.05, 0.1) is 12.7 Å². The molecule has 0 aliphatic carbocycles. The van der Waals surface area contributed by atoms with Crippen molar-refractivity contribution in [2.45, 2.75) is 37.1 Å². The van der Waals surface area contributed by atoms with Crippen LogP contribution in [0.3, 0.4) is 0 Å². The number of ketones is 1. The Kier molecular flexibility index (Phi) is 6.23. The van der Waals surface area contributed by atoms with E-state index in [1.54, 1.807) is 24.3 Å². The van der Waals surface area contributed by atoms with Gasteiger partial charge in [0.1, 0.15) is 31.2 Å². The third-order valence-electron chi connectivity index (χ3n) is 5.57. The molecule has 0 aromatic heterocycles. The van der Waals surface area contributed by atoms with Gasteiger partial charge in [0, 0.05) is 10.6 Å². The first-order valence-corrected chi connectivity index (χ1v) is 10.5. The van der Waals surface area contributed by atoms with Crippen LogP contribution in [0.4, 0.5) is 0 Å². The van der Waals surface area contributed by atoms with Crippen molar-refractivity contribution in [3.8, 4) is 11.8 Å². The van der Waals surface area contributed by atoms with Crippen molar-refractivity contribution in [1.29, 1.82) is 5.26 Å². The Morgan fingerprint density at radius 3 is 2.69 bits per heavy atom. The van der Waals surface area contributed by atoms with Crippen LogP contribution in [0.5, 0.6) is 5.75 Å². The number of aliphatic hydroxyl groups is 2. The second-order valence-electron chi connectivity index (χ2n) is 7.58. The zero-order valence-corrected chi connectivity index (χ0v) is 18.0. The smallest absolute Gasteiger partial charge is 0.262 e. The lowest BCUT2D eigenvalue weighted by Crippen LogP contribution is -2.63. The number of carbonyl (C=O) groups excluding carboxylic acids is 1. The lowest BCUT2D eigenvalue weighted by molar-refractivity contribution is -0.321. The lowest BCUT2D eigenvalue weighted by atomic mass is 9.89. The van der Waals surface area contributed by atoms with Crippen molar-refractivity contribution in [1.82, 2.24) is 0 Å². The van der Waals surface area contributed by atoms with E-state index in [0.717, 1.165) is 11.3 Å². The second-order valence-corrected chi connectivity index (χ2v) is 7.99. The Morgan fingerprint density at radius 1 is 1.25 bits per heavy atom. The highest BCUT2D eigenvalue weighted by Gasteiger charge is 2.68. The highest BCUT2D eigenvalue weighted by molar-refractivity contribution is 6.31. The van der Waals surface area contributed by atoms with Gasteiger partial charge in [0.25, 0.3) is 5.79 Å². The lowest BCUT2D eigenvalue weighted by Gasteiger charge is -2.41. The summed E-state index contributed by atoms with van der Waals surface area (Å²) in [6.07, 6.45) is -3.05. The van der Waals surface area contributed by atoms with Crippen LogP contribution in [0, 0.1) is 11.3 Å². The minimum atomic E-state index is -1.98. The van der Waals surface area contributed by atoms with Crippen LogP contribution >= 0.6 is 11.6 Å². The molecule has 2 aliphatic heterocycles. The number of hydrogen-bond donors (Lipinski definition) is 2. The molecule has 4 atom stereocenters. The predicted octanol–water partition coefficient (Wildman–Crippen LogP) is 2.07. The quantitative estimate of drug-likeness (QED) is 0.646. The van der Waals surface area contributed by atoms with Gasteiger partial charge in [0.2, 0.25) is 11.6 Å². The Bertz CT molecular complexity index is 1050. The number of ether oxygens (including phenoxy) is 4. The van der Waals surface area contributed by atoms with Gasteiger partial charge >= 0.3 is 0 Å². The van der Waals surface area contributed by atoms with Crippen LogP contribution in [0.15, 0.2) is 42.5 Å². The van der Waals surface area contributed by atoms with Crippen molar-refractivity contribution >= 4 is 17.4 Å². The van der Waals surface area contributed by atoms with Crippen LogP contribution < -0.4 is 4.74 Å². The fourth-order valence-electron chi connectivity index (χ4n) is 3.95. The number of nitrogens with zero attached hydrogens (tertiary/aromatic N) is 1. The van der Waals surface area contributed by atoms with Crippen molar-refractivity contribution in [3.05, 3.63) is 64.2 Å². The number of aliphatic hydroxyl groups excluding tert-OH is 2. The number of fused-ring (bicyclic) bond motifs is 2. The van der Waals surface area contributed by atoms with Crippen LogP contribution in [-0.2, 0) is 31.2 Å². The summed E-state index contributed by atoms with van der Waals surface area (Å²) < 4.78 is 22.4. The molecule has 2 aromatic carbocycles. The topological polar surface area (TPSA) is 118 Å². The van der Waals surface area contributed by atoms with Crippen molar-refractivity contribution in [3.63, 3.8) is 0 Å². The molecule has 8 nitrogen and oxygen atoms in total. The standard InChI is InChI=1S/C23H22ClNO7/c1-2-29-17-6-3-14(4-7-17)11-15-12-16(5-8-18(15)24)23-21(28)19(26)20(27)22(32-23,13-31-23)30-10-9-25/h3-8,12,19-20,26-27H,2,10-11,13H2,1H3. The summed E-state index contributed by atoms with van der Waals surface area (Å²) in [5.74, 6) is -3.91. The summed E-state index contributed by atoms with van der Waals surface area (Å²) in [6, 6.07) is 14.2. The summed E-state index contributed by atoms with van der Waals surface area (Å²) in [4.78, 5) is 13.0. The van der Waals surface area contributed by atoms with Gasteiger partial charge in [-0.1, -0.05) is 29.8 Å². The Hall–Kier alpha value is -2.51. The van der Waals surface area contributed by atoms with E-state index in [4.69, 9.17) is 35.8 Å². The minimum absolute atomic E-state index is 0.307. The van der Waals surface area contributed by atoms with E-state index < -0.39 is 36.2 Å². The summed E-state index contributed by atoms with van der Waals surface area (Å²) in [5.41, 5.74) is 1.98. The van der Waals surface area contributed by atoms with Crippen LogP contribution in [-0.4, -0.2) is 53.8 Å². The number of nitriles is 1. The first kappa shape index (κ1) is 22.7. The largest absolute Gasteiger partial charge is 0.494 e. The average Bonchev–Trinajstić information content (AvgIpc) is 3.18. The number of benzene rings is 2. The molecule has 4 rings (SSSR count). The Morgan fingerprint density at radius 2 is 2.00 bits per heavy atom. The molecule has 2 saturated heterocycles. The molecule has 2 N–H and O–H groups in total. The molecule has 2 bridgehead atoms. The van der Waals surface area contributed by atoms with Gasteiger partial charge in [-0.2, -0.15) is 5.26 Å². The number of carbonyl (C=O) groups is 1. The number of halogens is 1. The first-order valence-electron chi connectivity index (χ1n) is 10.1. The molecule has 0 amide bonds. The van der Waals surface area contributed by atoms with Crippen LogP contribution in [0.1, 0.15) is 23.6 Å². The monoisotopic (exact) mass is 459 g/mol. The maximum absolute atomic E-state index is 13.0. The van der Waals surface area contributed by atoms with E-state index in [1.165, 1.54) is 0 Å². The van der Waals surface area contributed by atoms with Crippen molar-refractivity contribution in [2.75, 3.05) is 19.8 Å². The Balaban J connectivity index is 1.66. The predicted molar refractivity (Wildman–Crippen MR) is 112 cm³/mol. The minimum Gasteiger partial charge on any atom is -0.494 e. The molecule has 9 heteroatoms. The maximum Gasteiger partial charge on any atom is 0.262 e. The molecule has 0 radical (unpaired) electrons. The molecule has 0 spiro atoms. The van der Waals surface area contributed by atoms with Gasteiger partial charge in [-0.3, -0.25) is 4.79 Å². The van der Waals surface area contributed by atoms with E-state index in [9.17, 15) is 15.0 Å². The highest BCUT2D eigenvalue weighted by Crippen LogP contribution is 2.48. The van der Waals surface area contributed by atoms with E-state index in [1.807, 2.05) is 31.2 Å². The molecular weight excluding hydrogens is 438 g/mol. The molecule has 2 heterocycles. The summed E-state index contributed by atoms with van der Waals surface area (Å²) >= 11 is 6.41. The zero-order valence-electron chi connectivity index (χ0n) is 17.3. The molecule has 0 saturated carbocycles. The average molecular weight is 460 g/mol. The van der Waals surface area contributed by atoms with Crippen LogP contribution in [0.2, 0.25) is 5.02 Å². The normalized spacial score (nSPS) is 29.0. The Labute approximate surface area is 189 Å². The van der Waals surface area contributed by atoms with E-state index >= 15 is 0 Å². The van der Waals surface area contributed by atoms with Gasteiger partial charge in [-0.05, 0) is 48.7 Å². The van der Waals surface area contributed by atoms with Crippen LogP contribution in [0.25, 0.3) is 0 Å². The van der Waals surface area contributed by atoms with E-state index in [2.05, 4.69) is 0 Å². The molecular formula is C23H22ClNO7. The van der Waals surface area contributed by atoms with Gasteiger partial charge in [-0.25, -0.2) is 0 Å². The highest BCUT2D eigenvalue weighted by atomic mass is 35.5. The molecule has 2 aromatic rings. The van der Waals surface area contributed by atoms with Gasteiger partial charge in [0.15, 0.2) is 0 Å².